The molecule has 1 atom stereocenters. The Kier molecular flexibility index (Phi) is 8.26. The monoisotopic (exact) mass is 477 g/mol. The highest BCUT2D eigenvalue weighted by Crippen LogP contribution is 2.38. The molecule has 0 amide bonds. The Balaban J connectivity index is 1.86. The summed E-state index contributed by atoms with van der Waals surface area (Å²) in [7, 11) is 1.64. The Morgan fingerprint density at radius 1 is 1.29 bits per heavy atom. The van der Waals surface area contributed by atoms with Crippen LogP contribution in [0.5, 0.6) is 0 Å². The number of aliphatic imine (C=N–C) groups is 1. The van der Waals surface area contributed by atoms with E-state index in [1.807, 2.05) is 12.1 Å². The van der Waals surface area contributed by atoms with Crippen LogP contribution in [0.3, 0.4) is 0 Å². The molecule has 3 aromatic heterocycles. The summed E-state index contributed by atoms with van der Waals surface area (Å²) in [4.78, 5) is 13.2. The molecule has 35 heavy (non-hydrogen) atoms. The van der Waals surface area contributed by atoms with Gasteiger partial charge in [0.15, 0.2) is 11.5 Å². The summed E-state index contributed by atoms with van der Waals surface area (Å²) in [5.74, 6) is 1.76. The Morgan fingerprint density at radius 3 is 2.66 bits per heavy atom. The number of nitrogens with two attached hydrogens (primary N) is 2. The van der Waals surface area contributed by atoms with Crippen LogP contribution in [0.4, 0.5) is 5.82 Å². The molecule has 3 aromatic rings. The van der Waals surface area contributed by atoms with Gasteiger partial charge in [0.05, 0.1) is 17.7 Å². The number of pyridine rings is 1. The van der Waals surface area contributed by atoms with Crippen molar-refractivity contribution in [1.82, 2.24) is 25.3 Å². The highest BCUT2D eigenvalue weighted by molar-refractivity contribution is 6.09. The lowest BCUT2D eigenvalue weighted by Gasteiger charge is -2.30. The lowest BCUT2D eigenvalue weighted by atomic mass is 9.73. The molecule has 0 radical (unpaired) electrons. The van der Waals surface area contributed by atoms with Gasteiger partial charge in [-0.15, -0.1) is 10.2 Å². The second-order valence-electron chi connectivity index (χ2n) is 8.31. The number of nitrogens with one attached hydrogen (secondary N) is 1. The van der Waals surface area contributed by atoms with E-state index in [2.05, 4.69) is 63.0 Å². The number of methoxy groups -OCH3 is 1. The third kappa shape index (κ3) is 5.87. The number of ether oxygens (including phenoxy) is 1. The SMILES string of the molecule is C=C(N)N=C/C(=C\N)c1ccc(C(C)(c2noc(-c3ccc(NCCOC)nn3)n2)C(C)C)cn1. The fourth-order valence-electron chi connectivity index (χ4n) is 3.30. The molecule has 0 spiro atoms. The molecule has 0 aliphatic rings. The summed E-state index contributed by atoms with van der Waals surface area (Å²) in [5, 5.41) is 15.8. The average molecular weight is 478 g/mol. The largest absolute Gasteiger partial charge is 0.404 e. The minimum absolute atomic E-state index is 0.130. The van der Waals surface area contributed by atoms with E-state index in [1.54, 1.807) is 25.4 Å². The summed E-state index contributed by atoms with van der Waals surface area (Å²) in [6.45, 7) is 11.0. The van der Waals surface area contributed by atoms with Crippen molar-refractivity contribution in [2.75, 3.05) is 25.6 Å². The van der Waals surface area contributed by atoms with E-state index in [0.29, 0.717) is 47.6 Å². The van der Waals surface area contributed by atoms with Gasteiger partial charge in [0.1, 0.15) is 11.6 Å². The van der Waals surface area contributed by atoms with Crippen molar-refractivity contribution in [3.63, 3.8) is 0 Å². The first-order chi connectivity index (χ1) is 16.8. The second-order valence-corrected chi connectivity index (χ2v) is 8.31. The van der Waals surface area contributed by atoms with Gasteiger partial charge < -0.3 is 26.0 Å². The Labute approximate surface area is 204 Å². The number of anilines is 1. The van der Waals surface area contributed by atoms with Crippen molar-refractivity contribution in [3.05, 3.63) is 66.1 Å². The molecule has 3 heterocycles. The molecule has 0 aliphatic carbocycles. The van der Waals surface area contributed by atoms with Crippen molar-refractivity contribution < 1.29 is 9.26 Å². The minimum atomic E-state index is -0.575. The van der Waals surface area contributed by atoms with Gasteiger partial charge in [-0.1, -0.05) is 31.6 Å². The molecule has 5 N–H and O–H groups in total. The van der Waals surface area contributed by atoms with Crippen LogP contribution < -0.4 is 16.8 Å². The zero-order valence-corrected chi connectivity index (χ0v) is 20.4. The van der Waals surface area contributed by atoms with E-state index in [-0.39, 0.29) is 11.7 Å². The molecule has 0 fully saturated rings. The van der Waals surface area contributed by atoms with E-state index in [1.165, 1.54) is 12.4 Å². The Morgan fingerprint density at radius 2 is 2.09 bits per heavy atom. The Hall–Kier alpha value is -4.12. The van der Waals surface area contributed by atoms with Crippen molar-refractivity contribution in [1.29, 1.82) is 0 Å². The van der Waals surface area contributed by atoms with E-state index in [9.17, 15) is 0 Å². The number of nitrogens with zero attached hydrogens (tertiary/aromatic N) is 6. The fraction of sp³-hybridized carbons (Fsp3) is 0.333. The first kappa shape index (κ1) is 25.5. The lowest BCUT2D eigenvalue weighted by molar-refractivity contribution is 0.210. The van der Waals surface area contributed by atoms with E-state index in [4.69, 9.17) is 20.7 Å². The van der Waals surface area contributed by atoms with Crippen LogP contribution in [0.2, 0.25) is 0 Å². The topological polar surface area (TPSA) is 163 Å². The van der Waals surface area contributed by atoms with Gasteiger partial charge in [0.2, 0.25) is 0 Å². The maximum Gasteiger partial charge on any atom is 0.278 e. The molecule has 0 saturated heterocycles. The molecule has 11 heteroatoms. The summed E-state index contributed by atoms with van der Waals surface area (Å²) >= 11 is 0. The minimum Gasteiger partial charge on any atom is -0.404 e. The van der Waals surface area contributed by atoms with Crippen LogP contribution in [-0.2, 0) is 10.2 Å². The normalized spacial score (nSPS) is 13.8. The van der Waals surface area contributed by atoms with Gasteiger partial charge in [-0.2, -0.15) is 4.98 Å². The lowest BCUT2D eigenvalue weighted by Crippen LogP contribution is -2.31. The molecular weight excluding hydrogens is 446 g/mol. The summed E-state index contributed by atoms with van der Waals surface area (Å²) < 4.78 is 10.6. The van der Waals surface area contributed by atoms with Gasteiger partial charge in [-0.3, -0.25) is 4.98 Å². The zero-order chi connectivity index (χ0) is 25.4. The third-order valence-corrected chi connectivity index (χ3v) is 5.75. The van der Waals surface area contributed by atoms with E-state index >= 15 is 0 Å². The average Bonchev–Trinajstić information content (AvgIpc) is 3.35. The van der Waals surface area contributed by atoms with Gasteiger partial charge in [-0.25, -0.2) is 4.99 Å². The first-order valence-corrected chi connectivity index (χ1v) is 11.1. The van der Waals surface area contributed by atoms with Crippen molar-refractivity contribution in [2.45, 2.75) is 26.2 Å². The van der Waals surface area contributed by atoms with Crippen molar-refractivity contribution in [3.8, 4) is 11.6 Å². The molecule has 0 saturated carbocycles. The van der Waals surface area contributed by atoms with Crippen LogP contribution in [0.25, 0.3) is 17.2 Å². The molecule has 184 valence electrons. The predicted molar refractivity (Wildman–Crippen MR) is 135 cm³/mol. The zero-order valence-electron chi connectivity index (χ0n) is 20.4. The number of aromatic nitrogens is 5. The maximum absolute atomic E-state index is 5.74. The third-order valence-electron chi connectivity index (χ3n) is 5.75. The van der Waals surface area contributed by atoms with Crippen LogP contribution in [0, 0.1) is 5.92 Å². The van der Waals surface area contributed by atoms with Crippen LogP contribution >= 0.6 is 0 Å². The maximum atomic E-state index is 5.74. The molecule has 0 aliphatic heterocycles. The number of hydrogen-bond acceptors (Lipinski definition) is 11. The van der Waals surface area contributed by atoms with Crippen LogP contribution in [0.1, 0.15) is 37.9 Å². The van der Waals surface area contributed by atoms with Crippen molar-refractivity contribution in [2.24, 2.45) is 22.4 Å². The number of rotatable bonds is 11. The molecule has 0 bridgehead atoms. The van der Waals surface area contributed by atoms with Crippen LogP contribution in [0.15, 0.2) is 58.6 Å². The summed E-state index contributed by atoms with van der Waals surface area (Å²) in [6, 6.07) is 7.41. The highest BCUT2D eigenvalue weighted by Gasteiger charge is 2.38. The quantitative estimate of drug-likeness (QED) is 0.276. The number of hydrogen-bond donors (Lipinski definition) is 3. The smallest absolute Gasteiger partial charge is 0.278 e. The van der Waals surface area contributed by atoms with Crippen molar-refractivity contribution >= 4 is 17.6 Å². The second kappa shape index (κ2) is 11.3. The molecule has 11 nitrogen and oxygen atoms in total. The molecule has 0 aromatic carbocycles. The predicted octanol–water partition coefficient (Wildman–Crippen LogP) is 2.74. The molecule has 3 rings (SSSR count). The van der Waals surface area contributed by atoms with E-state index in [0.717, 1.165) is 5.56 Å². The standard InChI is InChI=1S/C24H31N9O2/c1-15(2)24(4,18-6-7-19(29-14-18)17(12-25)13-28-16(3)26)23-30-22(35-33-23)20-8-9-21(32-31-20)27-10-11-34-5/h6-9,12-15H,3,10-11,25-26H2,1-2,4-5H3,(H,27,32)/b17-12+,28-13?. The highest BCUT2D eigenvalue weighted by atomic mass is 16.5. The van der Waals surface area contributed by atoms with E-state index < -0.39 is 5.41 Å². The first-order valence-electron chi connectivity index (χ1n) is 11.1. The summed E-state index contributed by atoms with van der Waals surface area (Å²) in [5.41, 5.74) is 13.3. The number of allylic oxidation sites excluding steroid dienone is 1. The molecule has 1 unspecified atom stereocenters. The molecular formula is C24H31N9O2. The van der Waals surface area contributed by atoms with Gasteiger partial charge >= 0.3 is 0 Å². The van der Waals surface area contributed by atoms with Gasteiger partial charge in [-0.05, 0) is 36.6 Å². The van der Waals surface area contributed by atoms with Gasteiger partial charge in [0.25, 0.3) is 5.89 Å². The van der Waals surface area contributed by atoms with Gasteiger partial charge in [0, 0.05) is 37.8 Å². The summed E-state index contributed by atoms with van der Waals surface area (Å²) in [6.07, 6.45) is 4.72. The van der Waals surface area contributed by atoms with Crippen LogP contribution in [-0.4, -0.2) is 51.8 Å². The fourth-order valence-corrected chi connectivity index (χ4v) is 3.30. The Bertz CT molecular complexity index is 1180.